The highest BCUT2D eigenvalue weighted by molar-refractivity contribution is 5.93. The molecule has 1 aromatic carbocycles. The molecule has 0 spiro atoms. The number of amides is 3. The van der Waals surface area contributed by atoms with Gasteiger partial charge in [0.15, 0.2) is 0 Å². The van der Waals surface area contributed by atoms with Gasteiger partial charge in [-0.15, -0.1) is 0 Å². The molecule has 7 heteroatoms. The smallest absolute Gasteiger partial charge is 0.348 e. The van der Waals surface area contributed by atoms with Gasteiger partial charge in [-0.1, -0.05) is 41.6 Å². The maximum atomic E-state index is 14.1. The predicted molar refractivity (Wildman–Crippen MR) is 104 cm³/mol. The number of urea groups is 1. The van der Waals surface area contributed by atoms with Gasteiger partial charge >= 0.3 is 6.03 Å². The van der Waals surface area contributed by atoms with Crippen LogP contribution in [0.4, 0.5) is 9.28 Å². The molecule has 0 unspecified atom stereocenters. The molecule has 0 bridgehead atoms. The van der Waals surface area contributed by atoms with Crippen LogP contribution in [-0.4, -0.2) is 40.0 Å². The summed E-state index contributed by atoms with van der Waals surface area (Å²) in [5.41, 5.74) is 2.70. The van der Waals surface area contributed by atoms with Crippen LogP contribution < -0.4 is 5.32 Å². The molecule has 1 aliphatic heterocycles. The van der Waals surface area contributed by atoms with Crippen molar-refractivity contribution >= 4 is 11.9 Å². The highest BCUT2D eigenvalue weighted by Gasteiger charge is 2.26. The number of hydrogen-bond acceptors (Lipinski definition) is 3. The zero-order valence-corrected chi connectivity index (χ0v) is 15.8. The second-order valence-electron chi connectivity index (χ2n) is 6.90. The van der Waals surface area contributed by atoms with Gasteiger partial charge < -0.3 is 10.2 Å². The molecule has 148 valence electrons. The highest BCUT2D eigenvalue weighted by atomic mass is 19.2. The van der Waals surface area contributed by atoms with Gasteiger partial charge in [0.1, 0.15) is 0 Å². The molecule has 0 saturated heterocycles. The maximum absolute atomic E-state index is 14.1. The van der Waals surface area contributed by atoms with Crippen molar-refractivity contribution in [1.29, 1.82) is 0 Å². The molecule has 3 rings (SSSR count). The van der Waals surface area contributed by atoms with Crippen LogP contribution in [0.3, 0.4) is 0 Å². The van der Waals surface area contributed by atoms with Gasteiger partial charge in [0.05, 0.1) is 12.1 Å². The fourth-order valence-electron chi connectivity index (χ4n) is 3.25. The normalized spacial score (nSPS) is 12.5. The zero-order valence-electron chi connectivity index (χ0n) is 15.8. The maximum Gasteiger partial charge on any atom is 0.348 e. The topological polar surface area (TPSA) is 65.5 Å². The van der Waals surface area contributed by atoms with Crippen molar-refractivity contribution in [3.8, 4) is 0 Å². The minimum Gasteiger partial charge on any atom is -0.352 e. The number of unbranched alkanes of at least 4 members (excludes halogenated alkanes) is 3. The van der Waals surface area contributed by atoms with Gasteiger partial charge in [0.2, 0.25) is 0 Å². The minimum absolute atomic E-state index is 0.0910. The lowest BCUT2D eigenvalue weighted by Gasteiger charge is -2.20. The molecule has 0 radical (unpaired) electrons. The fraction of sp³-hybridized carbons (Fsp3) is 0.381. The van der Waals surface area contributed by atoms with E-state index in [1.807, 2.05) is 24.3 Å². The number of hydrogen-bond donors (Lipinski definition) is 1. The summed E-state index contributed by atoms with van der Waals surface area (Å²) in [5, 5.41) is 3.15. The van der Waals surface area contributed by atoms with Crippen LogP contribution >= 0.6 is 0 Å². The largest absolute Gasteiger partial charge is 0.352 e. The molecule has 28 heavy (non-hydrogen) atoms. The summed E-state index contributed by atoms with van der Waals surface area (Å²) in [7, 11) is 0. The molecular weight excluding hydrogens is 359 g/mol. The fourth-order valence-corrected chi connectivity index (χ4v) is 3.25. The van der Waals surface area contributed by atoms with E-state index in [2.05, 4.69) is 10.3 Å². The van der Waals surface area contributed by atoms with Crippen LogP contribution in [0.5, 0.6) is 0 Å². The Bertz CT molecular complexity index is 775. The third-order valence-electron chi connectivity index (χ3n) is 4.81. The van der Waals surface area contributed by atoms with Crippen LogP contribution in [0, 0.1) is 0 Å². The second kappa shape index (κ2) is 9.82. The number of nitrogens with zero attached hydrogens (tertiary/aromatic N) is 3. The molecule has 1 N–H and O–H groups in total. The summed E-state index contributed by atoms with van der Waals surface area (Å²) in [4.78, 5) is 29.5. The highest BCUT2D eigenvalue weighted by Crippen LogP contribution is 2.23. The van der Waals surface area contributed by atoms with Crippen molar-refractivity contribution < 1.29 is 14.1 Å². The van der Waals surface area contributed by atoms with Gasteiger partial charge in [-0.25, -0.2) is 4.79 Å². The molecule has 0 atom stereocenters. The lowest BCUT2D eigenvalue weighted by atomic mass is 10.1. The molecule has 0 saturated carbocycles. The summed E-state index contributed by atoms with van der Waals surface area (Å²) < 4.78 is 14.1. The first-order valence-electron chi connectivity index (χ1n) is 9.62. The summed E-state index contributed by atoms with van der Waals surface area (Å²) in [6, 6.07) is 10.7. The first kappa shape index (κ1) is 19.8. The minimum atomic E-state index is -0.570. The molecular formula is C21H25FN4O2. The van der Waals surface area contributed by atoms with E-state index in [0.717, 1.165) is 30.4 Å². The van der Waals surface area contributed by atoms with Gasteiger partial charge in [-0.05, 0) is 36.1 Å². The van der Waals surface area contributed by atoms with Crippen LogP contribution in [0.2, 0.25) is 0 Å². The van der Waals surface area contributed by atoms with Crippen molar-refractivity contribution in [1.82, 2.24) is 20.3 Å². The van der Waals surface area contributed by atoms with Gasteiger partial charge in [-0.2, -0.15) is 5.12 Å². The van der Waals surface area contributed by atoms with Gasteiger partial charge in [0.25, 0.3) is 5.91 Å². The Morgan fingerprint density at radius 3 is 2.43 bits per heavy atom. The first-order chi connectivity index (χ1) is 13.6. The van der Waals surface area contributed by atoms with Gasteiger partial charge in [0, 0.05) is 32.0 Å². The van der Waals surface area contributed by atoms with E-state index in [4.69, 9.17) is 0 Å². The Hall–Kier alpha value is -2.96. The third-order valence-corrected chi connectivity index (χ3v) is 4.81. The number of nitrogens with one attached hydrogen (secondary N) is 1. The Morgan fingerprint density at radius 2 is 1.75 bits per heavy atom. The summed E-state index contributed by atoms with van der Waals surface area (Å²) in [6.45, 7) is 1.59. The average molecular weight is 384 g/mol. The SMILES string of the molecule is O=C(NCCCCCCN(F)C(=O)N1Cc2ccccc2C1)c1cccnc1. The Labute approximate surface area is 164 Å². The number of carbonyl (C=O) groups excluding carboxylic acids is 2. The molecule has 1 aromatic heterocycles. The van der Waals surface area contributed by atoms with E-state index in [9.17, 15) is 14.1 Å². The van der Waals surface area contributed by atoms with Crippen molar-refractivity contribution in [3.63, 3.8) is 0 Å². The molecule has 2 heterocycles. The zero-order chi connectivity index (χ0) is 19.8. The summed E-state index contributed by atoms with van der Waals surface area (Å²) >= 11 is 0. The Balaban J connectivity index is 1.26. The number of benzene rings is 1. The summed E-state index contributed by atoms with van der Waals surface area (Å²) in [5.74, 6) is -0.139. The van der Waals surface area contributed by atoms with Crippen molar-refractivity contribution in [2.75, 3.05) is 13.1 Å². The van der Waals surface area contributed by atoms with E-state index in [0.29, 0.717) is 36.7 Å². The van der Waals surface area contributed by atoms with Crippen LogP contribution in [-0.2, 0) is 13.1 Å². The Kier molecular flexibility index (Phi) is 6.94. The third kappa shape index (κ3) is 5.28. The number of rotatable bonds is 8. The monoisotopic (exact) mass is 384 g/mol. The summed E-state index contributed by atoms with van der Waals surface area (Å²) in [6.07, 6.45) is 6.23. The van der Waals surface area contributed by atoms with Crippen molar-refractivity contribution in [2.24, 2.45) is 0 Å². The van der Waals surface area contributed by atoms with E-state index in [-0.39, 0.29) is 12.5 Å². The number of pyridine rings is 1. The van der Waals surface area contributed by atoms with Crippen molar-refractivity contribution in [3.05, 3.63) is 65.5 Å². The molecule has 3 amide bonds. The number of aromatic nitrogens is 1. The molecule has 0 aliphatic carbocycles. The van der Waals surface area contributed by atoms with E-state index < -0.39 is 6.03 Å². The lowest BCUT2D eigenvalue weighted by molar-refractivity contribution is 0.0387. The van der Waals surface area contributed by atoms with Crippen LogP contribution in [0.15, 0.2) is 48.8 Å². The number of carbonyl (C=O) groups is 2. The van der Waals surface area contributed by atoms with E-state index in [1.165, 1.54) is 11.1 Å². The van der Waals surface area contributed by atoms with Gasteiger partial charge in [-0.3, -0.25) is 9.78 Å². The molecule has 6 nitrogen and oxygen atoms in total. The number of halogens is 1. The van der Waals surface area contributed by atoms with Crippen molar-refractivity contribution in [2.45, 2.75) is 38.8 Å². The Morgan fingerprint density at radius 1 is 1.04 bits per heavy atom. The quantitative estimate of drug-likeness (QED) is 0.558. The van der Waals surface area contributed by atoms with E-state index in [1.54, 1.807) is 18.3 Å². The molecule has 0 fully saturated rings. The van der Waals surface area contributed by atoms with Crippen LogP contribution in [0.25, 0.3) is 0 Å². The standard InChI is InChI=1S/C21H25FN4O2/c22-26(21(28)25-15-18-8-3-4-9-19(18)16-25)13-6-2-1-5-12-24-20(27)17-10-7-11-23-14-17/h3-4,7-11,14H,1-2,5-6,12-13,15-16H2,(H,24,27). The second-order valence-corrected chi connectivity index (χ2v) is 6.90. The number of fused-ring (bicyclic) bond motifs is 1. The lowest BCUT2D eigenvalue weighted by Crippen LogP contribution is -2.36. The van der Waals surface area contributed by atoms with Crippen LogP contribution in [0.1, 0.15) is 47.2 Å². The first-order valence-corrected chi connectivity index (χ1v) is 9.62. The molecule has 2 aromatic rings. The average Bonchev–Trinajstić information content (AvgIpc) is 3.17. The predicted octanol–water partition coefficient (Wildman–Crippen LogP) is 3.69. The van der Waals surface area contributed by atoms with E-state index >= 15 is 0 Å². The molecule has 1 aliphatic rings.